The van der Waals surface area contributed by atoms with Crippen LogP contribution < -0.4 is 14.8 Å². The number of halogens is 3. The zero-order chi connectivity index (χ0) is 21.7. The van der Waals surface area contributed by atoms with E-state index in [1.807, 2.05) is 0 Å². The number of amides is 1. The fraction of sp³-hybridized carbons (Fsp3) is 0.143. The maximum atomic E-state index is 13.3. The molecule has 30 heavy (non-hydrogen) atoms. The summed E-state index contributed by atoms with van der Waals surface area (Å²) in [4.78, 5) is 23.6. The molecule has 1 heterocycles. The third kappa shape index (κ3) is 5.40. The predicted molar refractivity (Wildman–Crippen MR) is 100 cm³/mol. The zero-order valence-electron chi connectivity index (χ0n) is 15.7. The normalized spacial score (nSPS) is 10.7. The lowest BCUT2D eigenvalue weighted by Gasteiger charge is -2.11. The summed E-state index contributed by atoms with van der Waals surface area (Å²) in [6, 6.07) is 12.2. The molecule has 1 N–H and O–H groups in total. The van der Waals surface area contributed by atoms with E-state index in [9.17, 15) is 22.8 Å². The molecule has 0 saturated heterocycles. The fourth-order valence-electron chi connectivity index (χ4n) is 2.49. The Labute approximate surface area is 169 Å². The van der Waals surface area contributed by atoms with Gasteiger partial charge in [-0.3, -0.25) is 9.59 Å². The molecule has 0 unspecified atom stereocenters. The van der Waals surface area contributed by atoms with Gasteiger partial charge in [-0.15, -0.1) is 0 Å². The number of anilines is 1. The van der Waals surface area contributed by atoms with E-state index in [4.69, 9.17) is 9.15 Å². The zero-order valence-corrected chi connectivity index (χ0v) is 15.7. The molecule has 3 aromatic rings. The van der Waals surface area contributed by atoms with Crippen LogP contribution in [0.15, 0.2) is 59.0 Å². The molecule has 2 aromatic carbocycles. The van der Waals surface area contributed by atoms with Crippen LogP contribution in [0.25, 0.3) is 0 Å². The highest BCUT2D eigenvalue weighted by molar-refractivity contribution is 6.03. The van der Waals surface area contributed by atoms with Crippen molar-refractivity contribution in [2.24, 2.45) is 0 Å². The molecule has 0 bridgehead atoms. The van der Waals surface area contributed by atoms with E-state index in [0.29, 0.717) is 17.1 Å². The van der Waals surface area contributed by atoms with Crippen LogP contribution in [0.2, 0.25) is 0 Å². The first-order chi connectivity index (χ1) is 14.3. The Kier molecular flexibility index (Phi) is 6.41. The van der Waals surface area contributed by atoms with Crippen molar-refractivity contribution in [3.05, 3.63) is 77.5 Å². The van der Waals surface area contributed by atoms with E-state index in [1.54, 1.807) is 24.3 Å². The van der Waals surface area contributed by atoms with Crippen LogP contribution in [-0.4, -0.2) is 18.3 Å². The van der Waals surface area contributed by atoms with Gasteiger partial charge in [0.05, 0.1) is 5.69 Å². The van der Waals surface area contributed by atoms with E-state index < -0.39 is 24.1 Å². The summed E-state index contributed by atoms with van der Waals surface area (Å²) in [5.41, 5.74) is 0.414. The summed E-state index contributed by atoms with van der Waals surface area (Å²) < 4.78 is 53.4. The highest BCUT2D eigenvalue weighted by Gasteiger charge is 2.17. The van der Waals surface area contributed by atoms with E-state index in [-0.39, 0.29) is 23.8 Å². The second kappa shape index (κ2) is 9.17. The third-order valence-corrected chi connectivity index (χ3v) is 3.94. The highest BCUT2D eigenvalue weighted by Crippen LogP contribution is 2.28. The van der Waals surface area contributed by atoms with Gasteiger partial charge in [0.15, 0.2) is 17.3 Å². The quantitative estimate of drug-likeness (QED) is 0.517. The maximum Gasteiger partial charge on any atom is 0.387 e. The minimum atomic E-state index is -3.18. The summed E-state index contributed by atoms with van der Waals surface area (Å²) in [5.74, 6) is -1.38. The molecule has 3 rings (SSSR count). The standard InChI is InChI=1S/C21H16F3NO5/c1-12(26)13-2-5-15(6-3-13)28-11-16-7-9-18(29-16)20(27)25-17-8-4-14(22)10-19(17)30-21(23)24/h2-10,21H,11H2,1H3,(H,25,27). The molecule has 6 nitrogen and oxygen atoms in total. The number of rotatable bonds is 8. The van der Waals surface area contributed by atoms with Crippen molar-refractivity contribution >= 4 is 17.4 Å². The SMILES string of the molecule is CC(=O)c1ccc(OCc2ccc(C(=O)Nc3ccc(F)cc3OC(F)F)o2)cc1. The molecule has 1 aromatic heterocycles. The molecule has 0 saturated carbocycles. The average Bonchev–Trinajstić information content (AvgIpc) is 3.17. The molecule has 156 valence electrons. The number of hydrogen-bond donors (Lipinski definition) is 1. The van der Waals surface area contributed by atoms with Crippen molar-refractivity contribution in [3.63, 3.8) is 0 Å². The van der Waals surface area contributed by atoms with Crippen molar-refractivity contribution in [1.82, 2.24) is 0 Å². The topological polar surface area (TPSA) is 77.8 Å². The van der Waals surface area contributed by atoms with Gasteiger partial charge in [0.2, 0.25) is 0 Å². The first-order valence-electron chi connectivity index (χ1n) is 8.70. The number of ketones is 1. The van der Waals surface area contributed by atoms with E-state index in [2.05, 4.69) is 10.1 Å². The first-order valence-corrected chi connectivity index (χ1v) is 8.70. The molecule has 0 aliphatic heterocycles. The van der Waals surface area contributed by atoms with E-state index >= 15 is 0 Å². The monoisotopic (exact) mass is 419 g/mol. The lowest BCUT2D eigenvalue weighted by atomic mass is 10.1. The number of carbonyl (C=O) groups is 2. The Balaban J connectivity index is 1.63. The molecular weight excluding hydrogens is 403 g/mol. The molecule has 0 radical (unpaired) electrons. The Bertz CT molecular complexity index is 1050. The van der Waals surface area contributed by atoms with Crippen molar-refractivity contribution in [3.8, 4) is 11.5 Å². The number of Topliss-reactive ketones (excluding diaryl/α,β-unsaturated/α-hetero) is 1. The molecule has 0 aliphatic rings. The van der Waals surface area contributed by atoms with Gasteiger partial charge in [0, 0.05) is 11.6 Å². The van der Waals surface area contributed by atoms with Gasteiger partial charge in [-0.25, -0.2) is 4.39 Å². The van der Waals surface area contributed by atoms with Crippen molar-refractivity contribution < 1.29 is 36.7 Å². The molecule has 0 spiro atoms. The second-order valence-corrected chi connectivity index (χ2v) is 6.11. The Morgan fingerprint density at radius 3 is 2.47 bits per heavy atom. The molecule has 0 fully saturated rings. The summed E-state index contributed by atoms with van der Waals surface area (Å²) in [6.07, 6.45) is 0. The van der Waals surface area contributed by atoms with Crippen molar-refractivity contribution in [2.75, 3.05) is 5.32 Å². The van der Waals surface area contributed by atoms with Gasteiger partial charge in [0.1, 0.15) is 23.9 Å². The predicted octanol–water partition coefficient (Wildman–Crippen LogP) is 5.05. The van der Waals surface area contributed by atoms with Crippen LogP contribution in [0.5, 0.6) is 11.5 Å². The number of benzene rings is 2. The molecule has 9 heteroatoms. The molecule has 1 amide bonds. The van der Waals surface area contributed by atoms with E-state index in [1.165, 1.54) is 19.1 Å². The maximum absolute atomic E-state index is 13.3. The van der Waals surface area contributed by atoms with Gasteiger partial charge < -0.3 is 19.2 Å². The Hall–Kier alpha value is -3.75. The fourth-order valence-corrected chi connectivity index (χ4v) is 2.49. The Morgan fingerprint density at radius 1 is 1.07 bits per heavy atom. The number of furan rings is 1. The molecular formula is C21H16F3NO5. The number of nitrogens with one attached hydrogen (secondary N) is 1. The minimum Gasteiger partial charge on any atom is -0.486 e. The number of hydrogen-bond acceptors (Lipinski definition) is 5. The third-order valence-electron chi connectivity index (χ3n) is 3.94. The van der Waals surface area contributed by atoms with E-state index in [0.717, 1.165) is 18.2 Å². The number of alkyl halides is 2. The number of carbonyl (C=O) groups excluding carboxylic acids is 2. The van der Waals surface area contributed by atoms with Crippen LogP contribution in [0.1, 0.15) is 33.6 Å². The molecule has 0 atom stereocenters. The van der Waals surface area contributed by atoms with Gasteiger partial charge in [-0.2, -0.15) is 8.78 Å². The van der Waals surface area contributed by atoms with Gasteiger partial charge >= 0.3 is 6.61 Å². The van der Waals surface area contributed by atoms with Gasteiger partial charge in [0.25, 0.3) is 5.91 Å². The van der Waals surface area contributed by atoms with Crippen LogP contribution >= 0.6 is 0 Å². The van der Waals surface area contributed by atoms with Crippen LogP contribution in [0, 0.1) is 5.82 Å². The van der Waals surface area contributed by atoms with Crippen LogP contribution in [0.3, 0.4) is 0 Å². The lowest BCUT2D eigenvalue weighted by molar-refractivity contribution is -0.0495. The van der Waals surface area contributed by atoms with Gasteiger partial charge in [-0.1, -0.05) is 0 Å². The van der Waals surface area contributed by atoms with Crippen molar-refractivity contribution in [1.29, 1.82) is 0 Å². The van der Waals surface area contributed by atoms with Gasteiger partial charge in [-0.05, 0) is 55.5 Å². The summed E-state index contributed by atoms with van der Waals surface area (Å²) >= 11 is 0. The second-order valence-electron chi connectivity index (χ2n) is 6.11. The Morgan fingerprint density at radius 2 is 1.80 bits per heavy atom. The lowest BCUT2D eigenvalue weighted by Crippen LogP contribution is -2.13. The highest BCUT2D eigenvalue weighted by atomic mass is 19.3. The molecule has 0 aliphatic carbocycles. The average molecular weight is 419 g/mol. The summed E-state index contributed by atoms with van der Waals surface area (Å²) in [5, 5.41) is 2.33. The first kappa shape index (κ1) is 21.0. The largest absolute Gasteiger partial charge is 0.486 e. The van der Waals surface area contributed by atoms with Crippen LogP contribution in [-0.2, 0) is 6.61 Å². The minimum absolute atomic E-state index is 0.0169. The van der Waals surface area contributed by atoms with Crippen molar-refractivity contribution in [2.45, 2.75) is 20.1 Å². The number of ether oxygens (including phenoxy) is 2. The summed E-state index contributed by atoms with van der Waals surface area (Å²) in [6.45, 7) is -1.71. The smallest absolute Gasteiger partial charge is 0.387 e. The summed E-state index contributed by atoms with van der Waals surface area (Å²) in [7, 11) is 0. The van der Waals surface area contributed by atoms with Crippen LogP contribution in [0.4, 0.5) is 18.9 Å².